The van der Waals surface area contributed by atoms with Crippen molar-refractivity contribution in [2.75, 3.05) is 7.11 Å². The number of methoxy groups -OCH3 is 1. The predicted molar refractivity (Wildman–Crippen MR) is 122 cm³/mol. The van der Waals surface area contributed by atoms with Crippen molar-refractivity contribution in [2.45, 2.75) is 96.8 Å². The maximum Gasteiger partial charge on any atom is 0.306 e. The largest absolute Gasteiger partial charge is 0.547 e. The van der Waals surface area contributed by atoms with Gasteiger partial charge in [-0.1, -0.05) is 53.7 Å². The summed E-state index contributed by atoms with van der Waals surface area (Å²) in [6, 6.07) is 0. The molecular formula is C22H42O4Si2. The molecule has 0 bridgehead atoms. The van der Waals surface area contributed by atoms with Gasteiger partial charge in [-0.25, -0.2) is 0 Å². The fraction of sp³-hybridized carbons (Fsp3) is 0.773. The van der Waals surface area contributed by atoms with E-state index in [1.165, 1.54) is 7.11 Å². The number of esters is 1. The van der Waals surface area contributed by atoms with E-state index >= 15 is 0 Å². The molecule has 0 saturated carbocycles. The van der Waals surface area contributed by atoms with Crippen LogP contribution in [0.4, 0.5) is 0 Å². The van der Waals surface area contributed by atoms with E-state index in [0.29, 0.717) is 12.8 Å². The monoisotopic (exact) mass is 426 g/mol. The minimum absolute atomic E-state index is 0.0276. The number of carbonyl (C=O) groups excluding carboxylic acids is 1. The molecule has 4 nitrogen and oxygen atoms in total. The highest BCUT2D eigenvalue weighted by molar-refractivity contribution is 6.74. The van der Waals surface area contributed by atoms with Gasteiger partial charge in [0.15, 0.2) is 8.32 Å². The second kappa shape index (κ2) is 8.88. The van der Waals surface area contributed by atoms with Crippen LogP contribution < -0.4 is 0 Å². The number of hydrogen-bond acceptors (Lipinski definition) is 4. The summed E-state index contributed by atoms with van der Waals surface area (Å²) in [4.78, 5) is 11.8. The third kappa shape index (κ3) is 6.88. The SMILES string of the molecule is COC(=O)C[C@@H]1C=C[C@@H](O[Si](C)(C)C(C)(C)C)CC(O[Si](C)(C)C(C)(C)C)=C1. The first-order valence-electron chi connectivity index (χ1n) is 10.3. The molecule has 28 heavy (non-hydrogen) atoms. The van der Waals surface area contributed by atoms with Gasteiger partial charge in [0.1, 0.15) is 0 Å². The summed E-state index contributed by atoms with van der Waals surface area (Å²) in [5.41, 5.74) is 0. The van der Waals surface area contributed by atoms with Crippen LogP contribution >= 0.6 is 0 Å². The van der Waals surface area contributed by atoms with E-state index in [2.05, 4.69) is 86.0 Å². The number of rotatable bonds is 6. The summed E-state index contributed by atoms with van der Waals surface area (Å²) in [6.45, 7) is 22.5. The summed E-state index contributed by atoms with van der Waals surface area (Å²) in [5.74, 6) is 0.718. The molecule has 162 valence electrons. The lowest BCUT2D eigenvalue weighted by atomic mass is 10.1. The Morgan fingerprint density at radius 1 is 1.00 bits per heavy atom. The molecule has 2 atom stereocenters. The Kier molecular flexibility index (Phi) is 7.99. The predicted octanol–water partition coefficient (Wildman–Crippen LogP) is 6.42. The topological polar surface area (TPSA) is 44.8 Å². The summed E-state index contributed by atoms with van der Waals surface area (Å²) >= 11 is 0. The molecule has 0 aliphatic heterocycles. The first kappa shape index (κ1) is 25.2. The molecule has 1 aliphatic carbocycles. The Morgan fingerprint density at radius 2 is 1.54 bits per heavy atom. The van der Waals surface area contributed by atoms with E-state index < -0.39 is 16.6 Å². The van der Waals surface area contributed by atoms with Gasteiger partial charge in [-0.3, -0.25) is 4.79 Å². The Bertz CT molecular complexity index is 607. The molecule has 0 fully saturated rings. The zero-order valence-corrected chi connectivity index (χ0v) is 21.9. The van der Waals surface area contributed by atoms with E-state index in [-0.39, 0.29) is 28.1 Å². The van der Waals surface area contributed by atoms with Crippen molar-refractivity contribution in [3.8, 4) is 0 Å². The number of hydrogen-bond donors (Lipinski definition) is 0. The van der Waals surface area contributed by atoms with Crippen LogP contribution in [0.15, 0.2) is 24.0 Å². The zero-order chi connectivity index (χ0) is 22.0. The molecule has 0 spiro atoms. The second-order valence-electron chi connectivity index (χ2n) is 10.9. The van der Waals surface area contributed by atoms with Crippen LogP contribution in [-0.4, -0.2) is 35.8 Å². The van der Waals surface area contributed by atoms with E-state index in [1.54, 1.807) is 0 Å². The standard InChI is InChI=1S/C22H42O4Si2/c1-21(2,3)27(8,9)25-18-13-12-17(15-20(23)24-7)14-19(16-18)26-28(10,11)22(4,5)6/h12-14,17-18H,15-16H2,1-11H3/t17-,18-/m1/s1. The molecule has 1 rings (SSSR count). The van der Waals surface area contributed by atoms with Crippen molar-refractivity contribution in [3.05, 3.63) is 24.0 Å². The zero-order valence-electron chi connectivity index (χ0n) is 19.9. The van der Waals surface area contributed by atoms with Crippen LogP contribution in [0.3, 0.4) is 0 Å². The third-order valence-electron chi connectivity index (χ3n) is 6.45. The normalized spacial score (nSPS) is 21.8. The van der Waals surface area contributed by atoms with Crippen LogP contribution in [0, 0.1) is 5.92 Å². The van der Waals surface area contributed by atoms with Gasteiger partial charge in [0.25, 0.3) is 0 Å². The maximum absolute atomic E-state index is 11.8. The number of allylic oxidation sites excluding steroid dienone is 2. The van der Waals surface area contributed by atoms with Crippen molar-refractivity contribution in [2.24, 2.45) is 5.92 Å². The molecular weight excluding hydrogens is 384 g/mol. The van der Waals surface area contributed by atoms with Crippen LogP contribution in [0.25, 0.3) is 0 Å². The quantitative estimate of drug-likeness (QED) is 0.279. The summed E-state index contributed by atoms with van der Waals surface area (Å²) in [5, 5.41) is 0.254. The molecule has 0 N–H and O–H groups in total. The molecule has 0 amide bonds. The molecule has 0 radical (unpaired) electrons. The fourth-order valence-corrected chi connectivity index (χ4v) is 4.88. The molecule has 0 aromatic rings. The van der Waals surface area contributed by atoms with Gasteiger partial charge in [-0.2, -0.15) is 0 Å². The van der Waals surface area contributed by atoms with E-state index in [9.17, 15) is 4.79 Å². The second-order valence-corrected chi connectivity index (χ2v) is 20.4. The summed E-state index contributed by atoms with van der Waals surface area (Å²) in [6.07, 6.45) is 7.31. The average molecular weight is 427 g/mol. The molecule has 0 saturated heterocycles. The van der Waals surface area contributed by atoms with Gasteiger partial charge in [0.2, 0.25) is 8.32 Å². The Labute approximate surface area is 175 Å². The van der Waals surface area contributed by atoms with Crippen LogP contribution in [0.2, 0.25) is 36.3 Å². The molecule has 0 aromatic carbocycles. The van der Waals surface area contributed by atoms with Crippen molar-refractivity contribution in [1.82, 2.24) is 0 Å². The Hall–Kier alpha value is -0.856. The van der Waals surface area contributed by atoms with Gasteiger partial charge >= 0.3 is 5.97 Å². The molecule has 6 heteroatoms. The lowest BCUT2D eigenvalue weighted by Crippen LogP contribution is -2.44. The van der Waals surface area contributed by atoms with Crippen molar-refractivity contribution in [3.63, 3.8) is 0 Å². The van der Waals surface area contributed by atoms with Crippen LogP contribution in [0.5, 0.6) is 0 Å². The maximum atomic E-state index is 11.8. The summed E-state index contributed by atoms with van der Waals surface area (Å²) in [7, 11) is -2.46. The first-order chi connectivity index (χ1) is 12.5. The Balaban J connectivity index is 3.14. The van der Waals surface area contributed by atoms with Crippen molar-refractivity contribution < 1.29 is 18.4 Å². The van der Waals surface area contributed by atoms with Gasteiger partial charge < -0.3 is 13.6 Å². The van der Waals surface area contributed by atoms with Gasteiger partial charge in [-0.05, 0) is 42.3 Å². The average Bonchev–Trinajstić information content (AvgIpc) is 2.65. The molecule has 0 aromatic heterocycles. The lowest BCUT2D eigenvalue weighted by Gasteiger charge is -2.40. The minimum atomic E-state index is -1.97. The highest BCUT2D eigenvalue weighted by Gasteiger charge is 2.41. The molecule has 1 aliphatic rings. The minimum Gasteiger partial charge on any atom is -0.547 e. The first-order valence-corrected chi connectivity index (χ1v) is 16.1. The number of ether oxygens (including phenoxy) is 1. The highest BCUT2D eigenvalue weighted by atomic mass is 28.4. The lowest BCUT2D eigenvalue weighted by molar-refractivity contribution is -0.141. The van der Waals surface area contributed by atoms with E-state index in [4.69, 9.17) is 13.6 Å². The number of carbonyl (C=O) groups is 1. The highest BCUT2D eigenvalue weighted by Crippen LogP contribution is 2.41. The van der Waals surface area contributed by atoms with Crippen LogP contribution in [-0.2, 0) is 18.4 Å². The fourth-order valence-electron chi connectivity index (χ4n) is 2.49. The Morgan fingerprint density at radius 3 is 2.00 bits per heavy atom. The van der Waals surface area contributed by atoms with Gasteiger partial charge in [0, 0.05) is 12.3 Å². The van der Waals surface area contributed by atoms with Crippen molar-refractivity contribution >= 4 is 22.6 Å². The van der Waals surface area contributed by atoms with Gasteiger partial charge in [-0.15, -0.1) is 0 Å². The van der Waals surface area contributed by atoms with E-state index in [0.717, 1.165) is 5.76 Å². The summed E-state index contributed by atoms with van der Waals surface area (Å²) < 4.78 is 18.2. The van der Waals surface area contributed by atoms with Crippen LogP contribution in [0.1, 0.15) is 54.4 Å². The van der Waals surface area contributed by atoms with E-state index in [1.807, 2.05) is 0 Å². The third-order valence-corrected chi connectivity index (χ3v) is 15.3. The molecule has 0 unspecified atom stereocenters. The van der Waals surface area contributed by atoms with Gasteiger partial charge in [0.05, 0.1) is 25.4 Å². The van der Waals surface area contributed by atoms with Crippen molar-refractivity contribution in [1.29, 1.82) is 0 Å². The molecule has 0 heterocycles. The smallest absolute Gasteiger partial charge is 0.306 e.